The van der Waals surface area contributed by atoms with Crippen molar-refractivity contribution >= 4 is 28.3 Å². The molecule has 1 N–H and O–H groups in total. The van der Waals surface area contributed by atoms with E-state index in [1.165, 1.54) is 37.1 Å². The Hall–Kier alpha value is -3.26. The molecule has 0 bridgehead atoms. The fourth-order valence-corrected chi connectivity index (χ4v) is 4.09. The summed E-state index contributed by atoms with van der Waals surface area (Å²) >= 11 is 0. The monoisotopic (exact) mass is 421 g/mol. The van der Waals surface area contributed by atoms with Crippen molar-refractivity contribution in [3.63, 3.8) is 0 Å². The lowest BCUT2D eigenvalue weighted by Crippen LogP contribution is -2.33. The highest BCUT2D eigenvalue weighted by molar-refractivity contribution is 6.05. The number of carbonyl (C=O) groups is 1. The molecule has 2 heterocycles. The second kappa shape index (κ2) is 8.85. The number of amides is 1. The normalized spacial score (nSPS) is 15.3. The Kier molecular flexibility index (Phi) is 5.99. The van der Waals surface area contributed by atoms with E-state index in [0.717, 1.165) is 49.0 Å². The Labute approximate surface area is 181 Å². The number of nitrogens with one attached hydrogen (secondary N) is 1. The highest BCUT2D eigenvalue weighted by Crippen LogP contribution is 2.24. The smallest absolute Gasteiger partial charge is 0.269 e. The molecule has 3 aromatic rings. The van der Waals surface area contributed by atoms with Crippen LogP contribution in [0.3, 0.4) is 0 Å². The van der Waals surface area contributed by atoms with Crippen LogP contribution in [0.4, 0.5) is 11.4 Å². The van der Waals surface area contributed by atoms with E-state index in [1.54, 1.807) is 0 Å². The van der Waals surface area contributed by atoms with Crippen LogP contribution in [-0.4, -0.2) is 38.4 Å². The first kappa shape index (κ1) is 21.0. The molecule has 8 heteroatoms. The van der Waals surface area contributed by atoms with E-state index in [9.17, 15) is 14.9 Å². The van der Waals surface area contributed by atoms with Crippen molar-refractivity contribution in [3.8, 4) is 0 Å². The van der Waals surface area contributed by atoms with Crippen LogP contribution in [0, 0.1) is 16.0 Å². The van der Waals surface area contributed by atoms with Crippen LogP contribution in [0.1, 0.15) is 42.9 Å². The number of aromatic nitrogens is 2. The van der Waals surface area contributed by atoms with E-state index < -0.39 is 4.92 Å². The number of non-ortho nitro benzene ring substituents is 1. The standard InChI is InChI=1S/C23H27N5O3/c1-3-27-21-9-6-18(24-23(29)17-4-7-19(8-5-17)28(30)31)14-20(21)25-22(27)15-26-12-10-16(2)11-13-26/h4-9,14,16H,3,10-13,15H2,1-2H3,(H,24,29). The molecule has 0 saturated carbocycles. The van der Waals surface area contributed by atoms with Crippen molar-refractivity contribution in [1.29, 1.82) is 0 Å². The van der Waals surface area contributed by atoms with E-state index in [0.29, 0.717) is 11.3 Å². The topological polar surface area (TPSA) is 93.3 Å². The van der Waals surface area contributed by atoms with Crippen molar-refractivity contribution in [2.75, 3.05) is 18.4 Å². The molecule has 0 aliphatic carbocycles. The van der Waals surface area contributed by atoms with E-state index in [4.69, 9.17) is 4.98 Å². The Balaban J connectivity index is 1.52. The van der Waals surface area contributed by atoms with Crippen molar-refractivity contribution < 1.29 is 9.72 Å². The summed E-state index contributed by atoms with van der Waals surface area (Å²) in [6, 6.07) is 11.3. The molecule has 0 unspecified atom stereocenters. The quantitative estimate of drug-likeness (QED) is 0.469. The second-order valence-corrected chi connectivity index (χ2v) is 8.19. The molecule has 0 radical (unpaired) electrons. The van der Waals surface area contributed by atoms with Gasteiger partial charge < -0.3 is 9.88 Å². The maximum absolute atomic E-state index is 12.5. The SMILES string of the molecule is CCn1c(CN2CCC(C)CC2)nc2cc(NC(=O)c3ccc([N+](=O)[O-])cc3)ccc21. The Morgan fingerprint density at radius 2 is 1.90 bits per heavy atom. The van der Waals surface area contributed by atoms with E-state index in [1.807, 2.05) is 18.2 Å². The molecule has 2 aromatic carbocycles. The Bertz CT molecular complexity index is 1100. The molecule has 1 fully saturated rings. The minimum atomic E-state index is -0.484. The van der Waals surface area contributed by atoms with Gasteiger partial charge in [0.1, 0.15) is 5.82 Å². The molecule has 31 heavy (non-hydrogen) atoms. The number of aryl methyl sites for hydroxylation is 1. The molecule has 1 saturated heterocycles. The van der Waals surface area contributed by atoms with Gasteiger partial charge in [0, 0.05) is 29.9 Å². The summed E-state index contributed by atoms with van der Waals surface area (Å²) in [6.45, 7) is 8.30. The third kappa shape index (κ3) is 4.59. The number of fused-ring (bicyclic) bond motifs is 1. The molecule has 4 rings (SSSR count). The van der Waals surface area contributed by atoms with Crippen LogP contribution < -0.4 is 5.32 Å². The summed E-state index contributed by atoms with van der Waals surface area (Å²) in [4.78, 5) is 30.2. The molecular formula is C23H27N5O3. The lowest BCUT2D eigenvalue weighted by molar-refractivity contribution is -0.384. The van der Waals surface area contributed by atoms with Crippen LogP contribution in [0.2, 0.25) is 0 Å². The fourth-order valence-electron chi connectivity index (χ4n) is 4.09. The molecule has 0 atom stereocenters. The molecule has 162 valence electrons. The summed E-state index contributed by atoms with van der Waals surface area (Å²) in [7, 11) is 0. The third-order valence-corrected chi connectivity index (χ3v) is 5.98. The first-order valence-electron chi connectivity index (χ1n) is 10.7. The van der Waals surface area contributed by atoms with Crippen LogP contribution in [-0.2, 0) is 13.1 Å². The highest BCUT2D eigenvalue weighted by atomic mass is 16.6. The Morgan fingerprint density at radius 1 is 1.19 bits per heavy atom. The number of piperidine rings is 1. The van der Waals surface area contributed by atoms with Gasteiger partial charge >= 0.3 is 0 Å². The maximum atomic E-state index is 12.5. The summed E-state index contributed by atoms with van der Waals surface area (Å²) in [6.07, 6.45) is 2.45. The van der Waals surface area contributed by atoms with Crippen molar-refractivity contribution in [2.45, 2.75) is 39.8 Å². The zero-order valence-electron chi connectivity index (χ0n) is 17.9. The number of hydrogen-bond donors (Lipinski definition) is 1. The molecule has 0 spiro atoms. The van der Waals surface area contributed by atoms with Gasteiger partial charge in [-0.2, -0.15) is 0 Å². The molecular weight excluding hydrogens is 394 g/mol. The van der Waals surface area contributed by atoms with Gasteiger partial charge in [-0.25, -0.2) is 4.98 Å². The average molecular weight is 422 g/mol. The number of carbonyl (C=O) groups excluding carboxylic acids is 1. The minimum Gasteiger partial charge on any atom is -0.327 e. The summed E-state index contributed by atoms with van der Waals surface area (Å²) in [5.41, 5.74) is 2.87. The van der Waals surface area contributed by atoms with Crippen molar-refractivity contribution in [2.24, 2.45) is 5.92 Å². The molecule has 1 aromatic heterocycles. The van der Waals surface area contributed by atoms with Gasteiger partial charge in [0.05, 0.1) is 22.5 Å². The van der Waals surface area contributed by atoms with E-state index >= 15 is 0 Å². The van der Waals surface area contributed by atoms with Gasteiger partial charge in [-0.1, -0.05) is 6.92 Å². The predicted octanol–water partition coefficient (Wildman–Crippen LogP) is 4.45. The number of likely N-dealkylation sites (tertiary alicyclic amines) is 1. The van der Waals surface area contributed by atoms with Crippen LogP contribution >= 0.6 is 0 Å². The van der Waals surface area contributed by atoms with Crippen LogP contribution in [0.25, 0.3) is 11.0 Å². The van der Waals surface area contributed by atoms with Gasteiger partial charge in [0.25, 0.3) is 11.6 Å². The van der Waals surface area contributed by atoms with E-state index in [-0.39, 0.29) is 11.6 Å². The number of benzene rings is 2. The minimum absolute atomic E-state index is 0.0428. The predicted molar refractivity (Wildman–Crippen MR) is 120 cm³/mol. The third-order valence-electron chi connectivity index (χ3n) is 5.98. The van der Waals surface area contributed by atoms with Crippen LogP contribution in [0.15, 0.2) is 42.5 Å². The molecule has 1 aliphatic rings. The number of nitrogens with zero attached hydrogens (tertiary/aromatic N) is 4. The number of imidazole rings is 1. The first-order valence-corrected chi connectivity index (χ1v) is 10.7. The van der Waals surface area contributed by atoms with Crippen LogP contribution in [0.5, 0.6) is 0 Å². The fraction of sp³-hybridized carbons (Fsp3) is 0.391. The number of rotatable bonds is 6. The largest absolute Gasteiger partial charge is 0.327 e. The zero-order valence-corrected chi connectivity index (χ0v) is 17.9. The number of hydrogen-bond acceptors (Lipinski definition) is 5. The number of anilines is 1. The van der Waals surface area contributed by atoms with Gasteiger partial charge in [0.15, 0.2) is 0 Å². The zero-order chi connectivity index (χ0) is 22.0. The lowest BCUT2D eigenvalue weighted by atomic mass is 9.99. The summed E-state index contributed by atoms with van der Waals surface area (Å²) < 4.78 is 2.23. The Morgan fingerprint density at radius 3 is 2.55 bits per heavy atom. The molecule has 8 nitrogen and oxygen atoms in total. The van der Waals surface area contributed by atoms with Gasteiger partial charge in [-0.05, 0) is 69.1 Å². The van der Waals surface area contributed by atoms with Gasteiger partial charge in [-0.15, -0.1) is 0 Å². The van der Waals surface area contributed by atoms with Gasteiger partial charge in [0.2, 0.25) is 0 Å². The summed E-state index contributed by atoms with van der Waals surface area (Å²) in [5, 5.41) is 13.6. The molecule has 1 amide bonds. The van der Waals surface area contributed by atoms with Crippen molar-refractivity contribution in [3.05, 3.63) is 64.0 Å². The second-order valence-electron chi connectivity index (χ2n) is 8.19. The maximum Gasteiger partial charge on any atom is 0.269 e. The van der Waals surface area contributed by atoms with Crippen molar-refractivity contribution in [1.82, 2.24) is 14.5 Å². The molecule has 1 aliphatic heterocycles. The van der Waals surface area contributed by atoms with Gasteiger partial charge in [-0.3, -0.25) is 19.8 Å². The van der Waals surface area contributed by atoms with E-state index in [2.05, 4.69) is 28.6 Å². The first-order chi connectivity index (χ1) is 14.9. The number of nitro benzene ring substituents is 1. The lowest BCUT2D eigenvalue weighted by Gasteiger charge is -2.29. The summed E-state index contributed by atoms with van der Waals surface area (Å²) in [5.74, 6) is 1.53. The number of nitro groups is 1. The highest BCUT2D eigenvalue weighted by Gasteiger charge is 2.19. The average Bonchev–Trinajstić information content (AvgIpc) is 3.11.